The van der Waals surface area contributed by atoms with E-state index < -0.39 is 5.69 Å². The van der Waals surface area contributed by atoms with Gasteiger partial charge in [-0.25, -0.2) is 9.78 Å². The van der Waals surface area contributed by atoms with E-state index in [1.807, 2.05) is 35.9 Å². The number of hydrogen-bond acceptors (Lipinski definition) is 4. The molecule has 0 spiro atoms. The highest BCUT2D eigenvalue weighted by atomic mass is 35.5. The molecule has 1 aliphatic rings. The average Bonchev–Trinajstić information content (AvgIpc) is 3.32. The number of halogens is 1. The Morgan fingerprint density at radius 1 is 1.20 bits per heavy atom. The van der Waals surface area contributed by atoms with Gasteiger partial charge in [-0.1, -0.05) is 24.1 Å². The molecule has 3 aromatic heterocycles. The molecule has 0 bridgehead atoms. The van der Waals surface area contributed by atoms with E-state index in [0.29, 0.717) is 16.2 Å². The van der Waals surface area contributed by atoms with Crippen molar-refractivity contribution in [3.8, 4) is 0 Å². The lowest BCUT2D eigenvalue weighted by Crippen LogP contribution is -2.40. The molecule has 8 nitrogen and oxygen atoms in total. The third-order valence-corrected chi connectivity index (χ3v) is 6.34. The third kappa shape index (κ3) is 2.90. The van der Waals surface area contributed by atoms with Crippen LogP contribution in [0.5, 0.6) is 0 Å². The van der Waals surface area contributed by atoms with Crippen molar-refractivity contribution in [1.82, 2.24) is 29.0 Å². The average molecular weight is 427 g/mol. The zero-order valence-electron chi connectivity index (χ0n) is 16.9. The maximum absolute atomic E-state index is 13.3. The Morgan fingerprint density at radius 2 is 2.03 bits per heavy atom. The quantitative estimate of drug-likeness (QED) is 0.526. The molecule has 1 atom stereocenters. The summed E-state index contributed by atoms with van der Waals surface area (Å²) < 4.78 is 4.54. The van der Waals surface area contributed by atoms with Gasteiger partial charge in [-0.05, 0) is 37.6 Å². The Morgan fingerprint density at radius 3 is 2.77 bits per heavy atom. The van der Waals surface area contributed by atoms with Crippen LogP contribution in [0.4, 0.5) is 0 Å². The molecule has 156 valence electrons. The number of nitrogens with zero attached hydrogens (tertiary/aromatic N) is 4. The summed E-state index contributed by atoms with van der Waals surface area (Å²) in [6.45, 7) is 1.06. The van der Waals surface area contributed by atoms with Gasteiger partial charge in [0.2, 0.25) is 0 Å². The normalized spacial score (nSPS) is 17.2. The van der Waals surface area contributed by atoms with Gasteiger partial charge in [0.1, 0.15) is 5.82 Å². The summed E-state index contributed by atoms with van der Waals surface area (Å²) in [4.78, 5) is 34.3. The van der Waals surface area contributed by atoms with Crippen molar-refractivity contribution in [3.05, 3.63) is 61.6 Å². The number of fused-ring (bicyclic) bond motifs is 2. The van der Waals surface area contributed by atoms with Crippen molar-refractivity contribution in [2.45, 2.75) is 31.8 Å². The summed E-state index contributed by atoms with van der Waals surface area (Å²) in [6.07, 6.45) is 3.22. The molecule has 1 aromatic carbocycles. The largest absolute Gasteiger partial charge is 0.357 e. The smallest absolute Gasteiger partial charge is 0.332 e. The van der Waals surface area contributed by atoms with Gasteiger partial charge >= 0.3 is 5.69 Å². The summed E-state index contributed by atoms with van der Waals surface area (Å²) in [6, 6.07) is 7.57. The van der Waals surface area contributed by atoms with E-state index >= 15 is 0 Å². The zero-order chi connectivity index (χ0) is 21.0. The van der Waals surface area contributed by atoms with Crippen LogP contribution in [0.25, 0.3) is 22.1 Å². The van der Waals surface area contributed by atoms with Gasteiger partial charge in [-0.15, -0.1) is 0 Å². The molecule has 1 fully saturated rings. The summed E-state index contributed by atoms with van der Waals surface area (Å²) in [5.74, 6) is 0.798. The Balaban J connectivity index is 1.65. The van der Waals surface area contributed by atoms with Crippen LogP contribution in [0, 0.1) is 0 Å². The maximum Gasteiger partial charge on any atom is 0.332 e. The number of aryl methyl sites for hydroxylation is 2. The lowest BCUT2D eigenvalue weighted by molar-refractivity contribution is 0.391. The molecule has 0 aliphatic carbocycles. The van der Waals surface area contributed by atoms with Crippen molar-refractivity contribution in [2.24, 2.45) is 14.1 Å². The standard InChI is InChI=1S/C21H23ClN6O2/c1-26-17-19(25-18(26)16-7-3-4-9-23-16)27(2)21(30)28(20(17)29)11-12-10-13-14(22)6-5-8-15(13)24-12/h5-6,8,10,16,23-24H,3-4,7,9,11H2,1-2H3. The number of aromatic amines is 1. The number of imidazole rings is 1. The van der Waals surface area contributed by atoms with Crippen LogP contribution in [0.3, 0.4) is 0 Å². The molecule has 9 heteroatoms. The van der Waals surface area contributed by atoms with E-state index in [4.69, 9.17) is 11.6 Å². The van der Waals surface area contributed by atoms with Gasteiger partial charge in [0.15, 0.2) is 11.2 Å². The number of hydrogen-bond donors (Lipinski definition) is 2. The molecule has 0 amide bonds. The fraction of sp³-hybridized carbons (Fsp3) is 0.381. The van der Waals surface area contributed by atoms with Crippen LogP contribution in [0.2, 0.25) is 5.02 Å². The molecule has 1 aliphatic heterocycles. The summed E-state index contributed by atoms with van der Waals surface area (Å²) in [7, 11) is 3.51. The van der Waals surface area contributed by atoms with Crippen LogP contribution >= 0.6 is 11.6 Å². The highest BCUT2D eigenvalue weighted by molar-refractivity contribution is 6.35. The van der Waals surface area contributed by atoms with Crippen LogP contribution in [0.15, 0.2) is 33.9 Å². The van der Waals surface area contributed by atoms with E-state index in [1.165, 1.54) is 9.13 Å². The summed E-state index contributed by atoms with van der Waals surface area (Å²) >= 11 is 6.26. The third-order valence-electron chi connectivity index (χ3n) is 6.01. The highest BCUT2D eigenvalue weighted by Crippen LogP contribution is 2.25. The molecule has 1 unspecified atom stereocenters. The van der Waals surface area contributed by atoms with Crippen LogP contribution in [-0.2, 0) is 20.6 Å². The fourth-order valence-corrected chi connectivity index (χ4v) is 4.64. The molecule has 5 rings (SSSR count). The van der Waals surface area contributed by atoms with Gasteiger partial charge in [0.25, 0.3) is 5.56 Å². The van der Waals surface area contributed by atoms with Gasteiger partial charge in [0.05, 0.1) is 12.6 Å². The topological polar surface area (TPSA) is 89.6 Å². The summed E-state index contributed by atoms with van der Waals surface area (Å²) in [5, 5.41) is 4.96. The lowest BCUT2D eigenvalue weighted by Gasteiger charge is -2.22. The maximum atomic E-state index is 13.3. The number of benzene rings is 1. The van der Waals surface area contributed by atoms with Gasteiger partial charge < -0.3 is 14.9 Å². The molecular formula is C21H23ClN6O2. The molecule has 30 heavy (non-hydrogen) atoms. The minimum atomic E-state index is -0.390. The van der Waals surface area contributed by atoms with Crippen molar-refractivity contribution in [1.29, 1.82) is 0 Å². The van der Waals surface area contributed by atoms with E-state index in [0.717, 1.165) is 48.2 Å². The first kappa shape index (κ1) is 19.1. The van der Waals surface area contributed by atoms with Gasteiger partial charge in [0, 0.05) is 35.7 Å². The minimum Gasteiger partial charge on any atom is -0.357 e. The summed E-state index contributed by atoms with van der Waals surface area (Å²) in [5.41, 5.74) is 1.75. The number of H-pyrrole nitrogens is 1. The number of piperidine rings is 1. The molecule has 2 N–H and O–H groups in total. The monoisotopic (exact) mass is 426 g/mol. The first-order valence-electron chi connectivity index (χ1n) is 10.1. The van der Waals surface area contributed by atoms with Crippen LogP contribution in [-0.4, -0.2) is 30.2 Å². The SMILES string of the molecule is Cn1c(C2CCCCN2)nc2c1c(=O)n(Cc1cc3c(Cl)cccc3[nH]1)c(=O)n2C. The first-order chi connectivity index (χ1) is 14.5. The molecule has 4 heterocycles. The predicted molar refractivity (Wildman–Crippen MR) is 117 cm³/mol. The number of nitrogens with one attached hydrogen (secondary N) is 2. The molecule has 0 radical (unpaired) electrons. The van der Waals surface area contributed by atoms with Gasteiger partial charge in [-0.2, -0.15) is 0 Å². The van der Waals surface area contributed by atoms with E-state index in [-0.39, 0.29) is 18.1 Å². The van der Waals surface area contributed by atoms with Crippen molar-refractivity contribution in [3.63, 3.8) is 0 Å². The van der Waals surface area contributed by atoms with Crippen LogP contribution < -0.4 is 16.6 Å². The van der Waals surface area contributed by atoms with Crippen LogP contribution in [0.1, 0.15) is 36.8 Å². The number of rotatable bonds is 3. The second-order valence-electron chi connectivity index (χ2n) is 7.93. The van der Waals surface area contributed by atoms with Crippen molar-refractivity contribution >= 4 is 33.7 Å². The predicted octanol–water partition coefficient (Wildman–Crippen LogP) is 2.43. The van der Waals surface area contributed by atoms with E-state index in [9.17, 15) is 9.59 Å². The lowest BCUT2D eigenvalue weighted by atomic mass is 10.0. The van der Waals surface area contributed by atoms with E-state index in [2.05, 4.69) is 15.3 Å². The Bertz CT molecular complexity index is 1390. The zero-order valence-corrected chi connectivity index (χ0v) is 17.7. The highest BCUT2D eigenvalue weighted by Gasteiger charge is 2.24. The fourth-order valence-electron chi connectivity index (χ4n) is 4.42. The number of aromatic nitrogens is 5. The first-order valence-corrected chi connectivity index (χ1v) is 10.5. The second kappa shape index (κ2) is 7.14. The Hall–Kier alpha value is -2.84. The molecule has 1 saturated heterocycles. The molecule has 0 saturated carbocycles. The Labute approximate surface area is 177 Å². The van der Waals surface area contributed by atoms with Gasteiger partial charge in [-0.3, -0.25) is 13.9 Å². The second-order valence-corrected chi connectivity index (χ2v) is 8.34. The Kier molecular flexibility index (Phi) is 4.56. The van der Waals surface area contributed by atoms with E-state index in [1.54, 1.807) is 7.05 Å². The molecular weight excluding hydrogens is 404 g/mol. The van der Waals surface area contributed by atoms with Crippen molar-refractivity contribution in [2.75, 3.05) is 6.54 Å². The minimum absolute atomic E-state index is 0.0925. The van der Waals surface area contributed by atoms with Crippen molar-refractivity contribution < 1.29 is 0 Å². The molecule has 4 aromatic rings.